The van der Waals surface area contributed by atoms with Crippen LogP contribution in [-0.2, 0) is 6.42 Å². The Labute approximate surface area is 111 Å². The van der Waals surface area contributed by atoms with Crippen molar-refractivity contribution in [2.45, 2.75) is 20.3 Å². The molecule has 0 atom stereocenters. The third-order valence-electron chi connectivity index (χ3n) is 2.76. The standard InChI is InChI=1S/C14H15N3S/c1-10-4-3-5-12(8-10)6-7-16-14-13(9-15)11(2)17-18-14/h3-5,8,16H,6-7H2,1-2H3. The number of rotatable bonds is 4. The van der Waals surface area contributed by atoms with E-state index in [-0.39, 0.29) is 0 Å². The van der Waals surface area contributed by atoms with E-state index in [0.717, 1.165) is 23.7 Å². The van der Waals surface area contributed by atoms with Crippen LogP contribution in [0.15, 0.2) is 24.3 Å². The number of anilines is 1. The van der Waals surface area contributed by atoms with Crippen LogP contribution in [0.25, 0.3) is 0 Å². The number of aromatic nitrogens is 1. The van der Waals surface area contributed by atoms with Crippen molar-refractivity contribution in [1.82, 2.24) is 4.37 Å². The van der Waals surface area contributed by atoms with Crippen molar-refractivity contribution >= 4 is 16.5 Å². The lowest BCUT2D eigenvalue weighted by molar-refractivity contribution is 1.02. The second-order valence-corrected chi connectivity index (χ2v) is 5.02. The second-order valence-electron chi connectivity index (χ2n) is 4.25. The summed E-state index contributed by atoms with van der Waals surface area (Å²) in [4.78, 5) is 0. The number of hydrogen-bond acceptors (Lipinski definition) is 4. The van der Waals surface area contributed by atoms with Crippen molar-refractivity contribution in [2.75, 3.05) is 11.9 Å². The summed E-state index contributed by atoms with van der Waals surface area (Å²) in [5.74, 6) is 0. The summed E-state index contributed by atoms with van der Waals surface area (Å²) in [6.45, 7) is 4.78. The third kappa shape index (κ3) is 2.88. The summed E-state index contributed by atoms with van der Waals surface area (Å²) >= 11 is 1.36. The van der Waals surface area contributed by atoms with Crippen LogP contribution in [0, 0.1) is 25.2 Å². The minimum Gasteiger partial charge on any atom is -0.374 e. The summed E-state index contributed by atoms with van der Waals surface area (Å²) in [5, 5.41) is 13.2. The van der Waals surface area contributed by atoms with Gasteiger partial charge in [0.25, 0.3) is 0 Å². The maximum Gasteiger partial charge on any atom is 0.127 e. The lowest BCUT2D eigenvalue weighted by atomic mass is 10.1. The maximum absolute atomic E-state index is 9.02. The molecule has 0 unspecified atom stereocenters. The van der Waals surface area contributed by atoms with Crippen molar-refractivity contribution in [3.8, 4) is 6.07 Å². The molecule has 2 aromatic rings. The first kappa shape index (κ1) is 12.6. The SMILES string of the molecule is Cc1cccc(CCNc2snc(C)c2C#N)c1. The second kappa shape index (κ2) is 5.65. The molecule has 0 fully saturated rings. The predicted molar refractivity (Wildman–Crippen MR) is 74.9 cm³/mol. The zero-order chi connectivity index (χ0) is 13.0. The lowest BCUT2D eigenvalue weighted by Crippen LogP contribution is -2.04. The van der Waals surface area contributed by atoms with Gasteiger partial charge in [0.15, 0.2) is 0 Å². The molecule has 0 spiro atoms. The predicted octanol–water partition coefficient (Wildman–Crippen LogP) is 3.29. The highest BCUT2D eigenvalue weighted by Gasteiger charge is 2.08. The molecule has 2 rings (SSSR count). The normalized spacial score (nSPS) is 10.1. The first-order chi connectivity index (χ1) is 8.70. The van der Waals surface area contributed by atoms with Gasteiger partial charge in [-0.1, -0.05) is 29.8 Å². The number of nitriles is 1. The first-order valence-corrected chi connectivity index (χ1v) is 6.64. The van der Waals surface area contributed by atoms with Crippen LogP contribution in [0.5, 0.6) is 0 Å². The van der Waals surface area contributed by atoms with E-state index >= 15 is 0 Å². The van der Waals surface area contributed by atoms with Gasteiger partial charge in [0.05, 0.1) is 5.69 Å². The van der Waals surface area contributed by atoms with Crippen LogP contribution in [0.3, 0.4) is 0 Å². The van der Waals surface area contributed by atoms with Crippen LogP contribution in [0.4, 0.5) is 5.00 Å². The number of aryl methyl sites for hydroxylation is 2. The quantitative estimate of drug-likeness (QED) is 0.914. The smallest absolute Gasteiger partial charge is 0.127 e. The van der Waals surface area contributed by atoms with Gasteiger partial charge in [0, 0.05) is 6.54 Å². The number of hydrogen-bond donors (Lipinski definition) is 1. The van der Waals surface area contributed by atoms with Gasteiger partial charge in [-0.3, -0.25) is 0 Å². The van der Waals surface area contributed by atoms with E-state index in [1.807, 2.05) is 6.92 Å². The van der Waals surface area contributed by atoms with Gasteiger partial charge < -0.3 is 5.32 Å². The highest BCUT2D eigenvalue weighted by Crippen LogP contribution is 2.23. The molecule has 0 aliphatic heterocycles. The average molecular weight is 257 g/mol. The number of nitrogens with zero attached hydrogens (tertiary/aromatic N) is 2. The largest absolute Gasteiger partial charge is 0.374 e. The van der Waals surface area contributed by atoms with Crippen molar-refractivity contribution < 1.29 is 0 Å². The van der Waals surface area contributed by atoms with Crippen molar-refractivity contribution in [2.24, 2.45) is 0 Å². The molecule has 0 aliphatic rings. The fourth-order valence-corrected chi connectivity index (χ4v) is 2.58. The summed E-state index contributed by atoms with van der Waals surface area (Å²) < 4.78 is 4.18. The lowest BCUT2D eigenvalue weighted by Gasteiger charge is -2.05. The van der Waals surface area contributed by atoms with Gasteiger partial charge in [0.1, 0.15) is 16.6 Å². The van der Waals surface area contributed by atoms with E-state index in [0.29, 0.717) is 5.56 Å². The minimum atomic E-state index is 0.671. The molecule has 0 saturated carbocycles. The molecule has 1 N–H and O–H groups in total. The Morgan fingerprint density at radius 3 is 2.94 bits per heavy atom. The van der Waals surface area contributed by atoms with Crippen molar-refractivity contribution in [3.63, 3.8) is 0 Å². The summed E-state index contributed by atoms with van der Waals surface area (Å²) in [7, 11) is 0. The van der Waals surface area contributed by atoms with Crippen LogP contribution in [0.2, 0.25) is 0 Å². The minimum absolute atomic E-state index is 0.671. The van der Waals surface area contributed by atoms with E-state index in [1.54, 1.807) is 0 Å². The Kier molecular flexibility index (Phi) is 3.96. The highest BCUT2D eigenvalue weighted by atomic mass is 32.1. The summed E-state index contributed by atoms with van der Waals surface area (Å²) in [6, 6.07) is 10.7. The zero-order valence-electron chi connectivity index (χ0n) is 10.5. The van der Waals surface area contributed by atoms with E-state index in [1.165, 1.54) is 22.7 Å². The summed E-state index contributed by atoms with van der Waals surface area (Å²) in [6.07, 6.45) is 0.948. The van der Waals surface area contributed by atoms with Crippen molar-refractivity contribution in [3.05, 3.63) is 46.6 Å². The Balaban J connectivity index is 1.95. The number of nitrogens with one attached hydrogen (secondary N) is 1. The van der Waals surface area contributed by atoms with E-state index < -0.39 is 0 Å². The molecule has 4 heteroatoms. The Morgan fingerprint density at radius 1 is 1.39 bits per heavy atom. The molecule has 1 aromatic heterocycles. The molecule has 18 heavy (non-hydrogen) atoms. The van der Waals surface area contributed by atoms with Gasteiger partial charge in [-0.15, -0.1) is 0 Å². The fourth-order valence-electron chi connectivity index (χ4n) is 1.81. The zero-order valence-corrected chi connectivity index (χ0v) is 11.3. The third-order valence-corrected chi connectivity index (χ3v) is 3.65. The topological polar surface area (TPSA) is 48.7 Å². The molecule has 92 valence electrons. The molecular weight excluding hydrogens is 242 g/mol. The van der Waals surface area contributed by atoms with Crippen LogP contribution >= 0.6 is 11.5 Å². The van der Waals surface area contributed by atoms with Gasteiger partial charge in [0.2, 0.25) is 0 Å². The molecular formula is C14H15N3S. The molecule has 1 heterocycles. The molecule has 0 bridgehead atoms. The molecule has 0 radical (unpaired) electrons. The molecule has 1 aromatic carbocycles. The molecule has 0 saturated heterocycles. The first-order valence-electron chi connectivity index (χ1n) is 5.86. The van der Waals surface area contributed by atoms with E-state index in [9.17, 15) is 0 Å². The Bertz CT molecular complexity index is 581. The maximum atomic E-state index is 9.02. The van der Waals surface area contributed by atoms with Gasteiger partial charge in [-0.25, -0.2) is 0 Å². The van der Waals surface area contributed by atoms with E-state index in [4.69, 9.17) is 5.26 Å². The molecule has 0 amide bonds. The van der Waals surface area contributed by atoms with Crippen molar-refractivity contribution in [1.29, 1.82) is 5.26 Å². The monoisotopic (exact) mass is 257 g/mol. The van der Waals surface area contributed by atoms with Crippen LogP contribution in [-0.4, -0.2) is 10.9 Å². The Hall–Kier alpha value is -1.86. The van der Waals surface area contributed by atoms with Crippen LogP contribution < -0.4 is 5.32 Å². The van der Waals surface area contributed by atoms with Gasteiger partial charge >= 0.3 is 0 Å². The Morgan fingerprint density at radius 2 is 2.22 bits per heavy atom. The van der Waals surface area contributed by atoms with Gasteiger partial charge in [-0.05, 0) is 37.4 Å². The van der Waals surface area contributed by atoms with Crippen LogP contribution in [0.1, 0.15) is 22.4 Å². The molecule has 3 nitrogen and oxygen atoms in total. The van der Waals surface area contributed by atoms with Gasteiger partial charge in [-0.2, -0.15) is 9.64 Å². The summed E-state index contributed by atoms with van der Waals surface area (Å²) in [5.41, 5.74) is 4.06. The highest BCUT2D eigenvalue weighted by molar-refractivity contribution is 7.10. The number of benzene rings is 1. The fraction of sp³-hybridized carbons (Fsp3) is 0.286. The van der Waals surface area contributed by atoms with E-state index in [2.05, 4.69) is 46.9 Å². The average Bonchev–Trinajstić information content (AvgIpc) is 2.70. The molecule has 0 aliphatic carbocycles.